The number of rotatable bonds is 5. The number of alkyl carbamates (subject to hydrolysis) is 1. The first-order chi connectivity index (χ1) is 16.7. The van der Waals surface area contributed by atoms with Crippen molar-refractivity contribution < 1.29 is 23.5 Å². The number of carbonyl (C=O) groups excluding carboxylic acids is 2. The maximum absolute atomic E-state index is 14.7. The van der Waals surface area contributed by atoms with Gasteiger partial charge in [-0.1, -0.05) is 12.1 Å². The zero-order valence-corrected chi connectivity index (χ0v) is 20.3. The molecule has 35 heavy (non-hydrogen) atoms. The predicted molar refractivity (Wildman–Crippen MR) is 130 cm³/mol. The summed E-state index contributed by atoms with van der Waals surface area (Å²) in [6.07, 6.45) is 3.96. The highest BCUT2D eigenvalue weighted by Crippen LogP contribution is 2.28. The summed E-state index contributed by atoms with van der Waals surface area (Å²) in [7, 11) is 0. The second-order valence-corrected chi connectivity index (χ2v) is 9.88. The molecule has 2 amide bonds. The molecule has 2 heterocycles. The lowest BCUT2D eigenvalue weighted by molar-refractivity contribution is -0.125. The Bertz CT molecular complexity index is 1070. The Morgan fingerprint density at radius 3 is 2.66 bits per heavy atom. The minimum Gasteiger partial charge on any atom is -0.444 e. The highest BCUT2D eigenvalue weighted by Gasteiger charge is 2.26. The van der Waals surface area contributed by atoms with E-state index in [4.69, 9.17) is 9.47 Å². The smallest absolute Gasteiger partial charge is 0.407 e. The molecular formula is C25H32FN5O4. The molecule has 1 aliphatic carbocycles. The van der Waals surface area contributed by atoms with Crippen LogP contribution >= 0.6 is 0 Å². The molecule has 4 rings (SSSR count). The molecular weight excluding hydrogens is 453 g/mol. The number of benzene rings is 1. The number of halogens is 1. The number of carbonyl (C=O) groups is 2. The van der Waals surface area contributed by atoms with Gasteiger partial charge in [-0.25, -0.2) is 19.2 Å². The number of hydrogen-bond acceptors (Lipinski definition) is 7. The van der Waals surface area contributed by atoms with Crippen LogP contribution in [-0.4, -0.2) is 59.4 Å². The summed E-state index contributed by atoms with van der Waals surface area (Å²) in [5, 5.41) is 6.23. The number of ether oxygens (including phenoxy) is 2. The summed E-state index contributed by atoms with van der Waals surface area (Å²) in [5.74, 6) is -0.320. The molecule has 188 valence electrons. The fraction of sp³-hybridized carbons (Fsp3) is 0.520. The first-order valence-corrected chi connectivity index (χ1v) is 11.9. The number of hydrogen-bond donors (Lipinski definition) is 2. The van der Waals surface area contributed by atoms with E-state index < -0.39 is 17.5 Å². The predicted octanol–water partition coefficient (Wildman–Crippen LogP) is 3.89. The molecule has 9 nitrogen and oxygen atoms in total. The highest BCUT2D eigenvalue weighted by atomic mass is 19.1. The Morgan fingerprint density at radius 2 is 1.94 bits per heavy atom. The molecule has 0 bridgehead atoms. The Labute approximate surface area is 204 Å². The van der Waals surface area contributed by atoms with Gasteiger partial charge in [0.25, 0.3) is 5.91 Å². The van der Waals surface area contributed by atoms with E-state index in [1.807, 2.05) is 26.8 Å². The highest BCUT2D eigenvalue weighted by molar-refractivity contribution is 5.95. The van der Waals surface area contributed by atoms with Crippen molar-refractivity contribution in [2.24, 2.45) is 0 Å². The standard InChI is InChI=1S/C25H32FN5O4/c1-25(2,3)35-24(33)29-18-9-7-17(8-10-18)28-23-27-14-20(26)22(30-23)16-5-4-6-19(13-16)31-11-12-34-15-21(31)32/h4-6,13-14,17-18H,7-12,15H2,1-3H3,(H,29,33)(H,27,28,30). The first-order valence-electron chi connectivity index (χ1n) is 11.9. The molecule has 2 N–H and O–H groups in total. The summed E-state index contributed by atoms with van der Waals surface area (Å²) < 4.78 is 25.2. The second kappa shape index (κ2) is 10.6. The molecule has 0 unspecified atom stereocenters. The molecule has 0 spiro atoms. The zero-order valence-electron chi connectivity index (χ0n) is 20.3. The van der Waals surface area contributed by atoms with E-state index in [0.717, 1.165) is 31.9 Å². The molecule has 0 radical (unpaired) electrons. The van der Waals surface area contributed by atoms with Gasteiger partial charge in [-0.05, 0) is 58.6 Å². The first kappa shape index (κ1) is 24.8. The SMILES string of the molecule is CC(C)(C)OC(=O)NC1CCC(Nc2ncc(F)c(-c3cccc(N4CCOCC4=O)c3)n2)CC1. The lowest BCUT2D eigenvalue weighted by atomic mass is 9.91. The van der Waals surface area contributed by atoms with E-state index in [2.05, 4.69) is 20.6 Å². The molecule has 1 saturated heterocycles. The van der Waals surface area contributed by atoms with Gasteiger partial charge in [-0.2, -0.15) is 0 Å². The van der Waals surface area contributed by atoms with Gasteiger partial charge in [0.2, 0.25) is 5.95 Å². The molecule has 2 aromatic rings. The summed E-state index contributed by atoms with van der Waals surface area (Å²) in [5.41, 5.74) is 0.886. The summed E-state index contributed by atoms with van der Waals surface area (Å²) in [4.78, 5) is 34.4. The fourth-order valence-electron chi connectivity index (χ4n) is 4.29. The van der Waals surface area contributed by atoms with Crippen LogP contribution in [0.4, 0.5) is 20.8 Å². The van der Waals surface area contributed by atoms with Crippen molar-refractivity contribution in [3.63, 3.8) is 0 Å². The van der Waals surface area contributed by atoms with Gasteiger partial charge in [0.15, 0.2) is 5.82 Å². The molecule has 1 aromatic heterocycles. The van der Waals surface area contributed by atoms with E-state index in [1.165, 1.54) is 0 Å². The quantitative estimate of drug-likeness (QED) is 0.662. The van der Waals surface area contributed by atoms with E-state index >= 15 is 0 Å². The molecule has 1 saturated carbocycles. The monoisotopic (exact) mass is 485 g/mol. The number of aromatic nitrogens is 2. The third-order valence-corrected chi connectivity index (χ3v) is 5.94. The van der Waals surface area contributed by atoms with E-state index in [1.54, 1.807) is 23.1 Å². The Balaban J connectivity index is 1.39. The topological polar surface area (TPSA) is 106 Å². The van der Waals surface area contributed by atoms with Crippen molar-refractivity contribution in [3.8, 4) is 11.3 Å². The van der Waals surface area contributed by atoms with Gasteiger partial charge >= 0.3 is 6.09 Å². The number of nitrogens with zero attached hydrogens (tertiary/aromatic N) is 3. The van der Waals surface area contributed by atoms with Crippen molar-refractivity contribution in [2.45, 2.75) is 64.1 Å². The maximum Gasteiger partial charge on any atom is 0.407 e. The van der Waals surface area contributed by atoms with Gasteiger partial charge in [-0.3, -0.25) is 4.79 Å². The number of anilines is 2. The van der Waals surface area contributed by atoms with Crippen molar-refractivity contribution >= 4 is 23.6 Å². The number of morpholine rings is 1. The van der Waals surface area contributed by atoms with Crippen molar-refractivity contribution in [3.05, 3.63) is 36.3 Å². The van der Waals surface area contributed by atoms with Gasteiger partial charge in [0, 0.05) is 29.9 Å². The largest absolute Gasteiger partial charge is 0.444 e. The number of amides is 2. The molecule has 2 aliphatic rings. The third-order valence-electron chi connectivity index (χ3n) is 5.94. The lowest BCUT2D eigenvalue weighted by Crippen LogP contribution is -2.42. The summed E-state index contributed by atoms with van der Waals surface area (Å²) in [6, 6.07) is 7.28. The third kappa shape index (κ3) is 6.66. The van der Waals surface area contributed by atoms with E-state index in [-0.39, 0.29) is 30.3 Å². The second-order valence-electron chi connectivity index (χ2n) is 9.88. The Kier molecular flexibility index (Phi) is 7.49. The van der Waals surface area contributed by atoms with Crippen LogP contribution in [0, 0.1) is 5.82 Å². The van der Waals surface area contributed by atoms with Crippen LogP contribution in [-0.2, 0) is 14.3 Å². The normalized spacial score (nSPS) is 20.9. The molecule has 0 atom stereocenters. The molecule has 1 aliphatic heterocycles. The minimum absolute atomic E-state index is 0.0374. The van der Waals surface area contributed by atoms with Crippen molar-refractivity contribution in [1.29, 1.82) is 0 Å². The van der Waals surface area contributed by atoms with Crippen LogP contribution in [0.5, 0.6) is 0 Å². The van der Waals surface area contributed by atoms with Gasteiger partial charge in [0.05, 0.1) is 12.8 Å². The molecule has 1 aromatic carbocycles. The number of nitrogens with one attached hydrogen (secondary N) is 2. The average molecular weight is 486 g/mol. The summed E-state index contributed by atoms with van der Waals surface area (Å²) >= 11 is 0. The Morgan fingerprint density at radius 1 is 1.20 bits per heavy atom. The van der Waals surface area contributed by atoms with Gasteiger partial charge < -0.3 is 25.0 Å². The van der Waals surface area contributed by atoms with E-state index in [9.17, 15) is 14.0 Å². The summed E-state index contributed by atoms with van der Waals surface area (Å²) in [6.45, 7) is 6.46. The fourth-order valence-corrected chi connectivity index (χ4v) is 4.29. The van der Waals surface area contributed by atoms with Crippen LogP contribution < -0.4 is 15.5 Å². The van der Waals surface area contributed by atoms with Crippen LogP contribution in [0.2, 0.25) is 0 Å². The molecule has 10 heteroatoms. The van der Waals surface area contributed by atoms with Crippen molar-refractivity contribution in [1.82, 2.24) is 15.3 Å². The maximum atomic E-state index is 14.7. The van der Waals surface area contributed by atoms with Gasteiger partial charge in [0.1, 0.15) is 17.9 Å². The van der Waals surface area contributed by atoms with Gasteiger partial charge in [-0.15, -0.1) is 0 Å². The van der Waals surface area contributed by atoms with Crippen LogP contribution in [0.3, 0.4) is 0 Å². The minimum atomic E-state index is -0.536. The van der Waals surface area contributed by atoms with Crippen LogP contribution in [0.1, 0.15) is 46.5 Å². The zero-order chi connectivity index (χ0) is 25.0. The Hall–Kier alpha value is -3.27. The average Bonchev–Trinajstić information content (AvgIpc) is 2.81. The molecule has 2 fully saturated rings. The lowest BCUT2D eigenvalue weighted by Gasteiger charge is -2.30. The van der Waals surface area contributed by atoms with Crippen molar-refractivity contribution in [2.75, 3.05) is 30.0 Å². The van der Waals surface area contributed by atoms with E-state index in [0.29, 0.717) is 30.4 Å². The van der Waals surface area contributed by atoms with Crippen LogP contribution in [0.15, 0.2) is 30.5 Å². The van der Waals surface area contributed by atoms with Crippen LogP contribution in [0.25, 0.3) is 11.3 Å².